The number of hydrogen-bond donors (Lipinski definition) is 2. The van der Waals surface area contributed by atoms with Gasteiger partial charge in [0.1, 0.15) is 0 Å². The molecule has 3 N–H and O–H groups in total. The number of amides is 3. The van der Waals surface area contributed by atoms with E-state index in [-0.39, 0.29) is 18.4 Å². The molecule has 1 saturated heterocycles. The number of imide groups is 1. The smallest absolute Gasteiger partial charge is 0.275 e. The minimum Gasteiger partial charge on any atom is -0.289 e. The standard InChI is InChI=1S/C11H13N3O3S/c12-13-11(17)10-7(4-5-18-10)6-14-8(15)2-1-3-9(14)16/h4-5H,1-3,6,12H2,(H,13,17). The van der Waals surface area contributed by atoms with Gasteiger partial charge in [-0.3, -0.25) is 24.7 Å². The van der Waals surface area contributed by atoms with Crippen LogP contribution in [0.2, 0.25) is 0 Å². The molecule has 1 aromatic heterocycles. The first-order chi connectivity index (χ1) is 8.63. The number of carbonyl (C=O) groups excluding carboxylic acids is 3. The predicted molar refractivity (Wildman–Crippen MR) is 65.4 cm³/mol. The van der Waals surface area contributed by atoms with Crippen molar-refractivity contribution in [1.29, 1.82) is 0 Å². The van der Waals surface area contributed by atoms with Crippen molar-refractivity contribution in [1.82, 2.24) is 10.3 Å². The number of nitrogens with zero attached hydrogens (tertiary/aromatic N) is 1. The number of rotatable bonds is 3. The minimum absolute atomic E-state index is 0.143. The molecular weight excluding hydrogens is 254 g/mol. The maximum Gasteiger partial charge on any atom is 0.275 e. The Morgan fingerprint density at radius 1 is 1.39 bits per heavy atom. The molecule has 0 spiro atoms. The van der Waals surface area contributed by atoms with E-state index in [0.29, 0.717) is 29.7 Å². The van der Waals surface area contributed by atoms with Gasteiger partial charge >= 0.3 is 0 Å². The second-order valence-electron chi connectivity index (χ2n) is 3.98. The number of carbonyl (C=O) groups is 3. The Morgan fingerprint density at radius 2 is 2.06 bits per heavy atom. The summed E-state index contributed by atoms with van der Waals surface area (Å²) in [4.78, 5) is 36.5. The highest BCUT2D eigenvalue weighted by Gasteiger charge is 2.27. The topological polar surface area (TPSA) is 92.5 Å². The van der Waals surface area contributed by atoms with E-state index in [1.165, 1.54) is 16.2 Å². The molecule has 3 amide bonds. The molecular formula is C11H13N3O3S. The van der Waals surface area contributed by atoms with Crippen molar-refractivity contribution >= 4 is 29.1 Å². The average Bonchev–Trinajstić information content (AvgIpc) is 2.81. The van der Waals surface area contributed by atoms with Gasteiger partial charge in [0.25, 0.3) is 5.91 Å². The molecule has 0 bridgehead atoms. The molecule has 1 fully saturated rings. The van der Waals surface area contributed by atoms with Crippen LogP contribution in [0, 0.1) is 0 Å². The van der Waals surface area contributed by atoms with Gasteiger partial charge in [0.05, 0.1) is 11.4 Å². The number of thiophene rings is 1. The van der Waals surface area contributed by atoms with Crippen LogP contribution in [0.15, 0.2) is 11.4 Å². The maximum atomic E-state index is 11.7. The SMILES string of the molecule is NNC(=O)c1sccc1CN1C(=O)CCCC1=O. The Labute approximate surface area is 108 Å². The Hall–Kier alpha value is -1.73. The zero-order valence-electron chi connectivity index (χ0n) is 9.64. The summed E-state index contributed by atoms with van der Waals surface area (Å²) in [6.07, 6.45) is 1.37. The molecule has 2 rings (SSSR count). The van der Waals surface area contributed by atoms with Crippen molar-refractivity contribution in [3.05, 3.63) is 21.9 Å². The lowest BCUT2D eigenvalue weighted by Gasteiger charge is -2.24. The van der Waals surface area contributed by atoms with Crippen LogP contribution >= 0.6 is 11.3 Å². The zero-order chi connectivity index (χ0) is 13.1. The highest BCUT2D eigenvalue weighted by Crippen LogP contribution is 2.21. The number of nitrogen functional groups attached to an aromatic ring is 1. The molecule has 0 aliphatic carbocycles. The van der Waals surface area contributed by atoms with Crippen LogP contribution in [0.5, 0.6) is 0 Å². The molecule has 6 nitrogen and oxygen atoms in total. The second kappa shape index (κ2) is 5.28. The summed E-state index contributed by atoms with van der Waals surface area (Å²) in [7, 11) is 0. The van der Waals surface area contributed by atoms with Crippen LogP contribution in [0.25, 0.3) is 0 Å². The van der Waals surface area contributed by atoms with Crippen molar-refractivity contribution in [3.63, 3.8) is 0 Å². The van der Waals surface area contributed by atoms with Crippen molar-refractivity contribution < 1.29 is 14.4 Å². The summed E-state index contributed by atoms with van der Waals surface area (Å²) >= 11 is 1.23. The van der Waals surface area contributed by atoms with Crippen LogP contribution in [0.3, 0.4) is 0 Å². The normalized spacial score (nSPS) is 15.9. The largest absolute Gasteiger partial charge is 0.289 e. The summed E-state index contributed by atoms with van der Waals surface area (Å²) in [5.41, 5.74) is 2.70. The second-order valence-corrected chi connectivity index (χ2v) is 4.89. The van der Waals surface area contributed by atoms with Crippen LogP contribution in [0.1, 0.15) is 34.5 Å². The first-order valence-electron chi connectivity index (χ1n) is 5.54. The van der Waals surface area contributed by atoms with Crippen molar-refractivity contribution in [2.24, 2.45) is 5.84 Å². The molecule has 18 heavy (non-hydrogen) atoms. The molecule has 1 aliphatic heterocycles. The molecule has 0 radical (unpaired) electrons. The molecule has 2 heterocycles. The van der Waals surface area contributed by atoms with Gasteiger partial charge in [-0.05, 0) is 23.4 Å². The van der Waals surface area contributed by atoms with E-state index >= 15 is 0 Å². The summed E-state index contributed by atoms with van der Waals surface area (Å²) in [6, 6.07) is 1.73. The van der Waals surface area contributed by atoms with E-state index in [9.17, 15) is 14.4 Å². The lowest BCUT2D eigenvalue weighted by molar-refractivity contribution is -0.148. The zero-order valence-corrected chi connectivity index (χ0v) is 10.5. The van der Waals surface area contributed by atoms with Crippen molar-refractivity contribution in [2.45, 2.75) is 25.8 Å². The van der Waals surface area contributed by atoms with Crippen molar-refractivity contribution in [3.8, 4) is 0 Å². The van der Waals surface area contributed by atoms with Gasteiger partial charge in [-0.15, -0.1) is 11.3 Å². The fraction of sp³-hybridized carbons (Fsp3) is 0.364. The number of piperidine rings is 1. The Balaban J connectivity index is 2.18. The Kier molecular flexibility index (Phi) is 3.73. The Morgan fingerprint density at radius 3 is 2.67 bits per heavy atom. The van der Waals surface area contributed by atoms with E-state index in [4.69, 9.17) is 5.84 Å². The van der Waals surface area contributed by atoms with Gasteiger partial charge in [0.2, 0.25) is 11.8 Å². The summed E-state index contributed by atoms with van der Waals surface area (Å²) < 4.78 is 0. The van der Waals surface area contributed by atoms with Gasteiger partial charge < -0.3 is 0 Å². The molecule has 1 aromatic rings. The minimum atomic E-state index is -0.406. The van der Waals surface area contributed by atoms with E-state index in [0.717, 1.165) is 0 Å². The van der Waals surface area contributed by atoms with E-state index in [1.807, 2.05) is 0 Å². The van der Waals surface area contributed by atoms with Crippen LogP contribution in [0.4, 0.5) is 0 Å². The Bertz CT molecular complexity index is 481. The molecule has 7 heteroatoms. The molecule has 0 atom stereocenters. The lowest BCUT2D eigenvalue weighted by Crippen LogP contribution is -2.40. The fourth-order valence-electron chi connectivity index (χ4n) is 1.87. The predicted octanol–water partition coefficient (Wildman–Crippen LogP) is 0.391. The first kappa shape index (κ1) is 12.7. The van der Waals surface area contributed by atoms with Gasteiger partial charge in [-0.1, -0.05) is 0 Å². The molecule has 0 aromatic carbocycles. The van der Waals surface area contributed by atoms with Gasteiger partial charge in [-0.25, -0.2) is 5.84 Å². The quantitative estimate of drug-likeness (QED) is 0.358. The summed E-state index contributed by atoms with van der Waals surface area (Å²) in [5, 5.41) is 1.73. The molecule has 0 saturated carbocycles. The number of nitrogens with one attached hydrogen (secondary N) is 1. The average molecular weight is 267 g/mol. The van der Waals surface area contributed by atoms with E-state index < -0.39 is 5.91 Å². The molecule has 1 aliphatic rings. The van der Waals surface area contributed by atoms with E-state index in [1.54, 1.807) is 11.4 Å². The number of nitrogens with two attached hydrogens (primary N) is 1. The highest BCUT2D eigenvalue weighted by molar-refractivity contribution is 7.12. The third-order valence-corrected chi connectivity index (χ3v) is 3.75. The van der Waals surface area contributed by atoms with E-state index in [2.05, 4.69) is 5.43 Å². The highest BCUT2D eigenvalue weighted by atomic mass is 32.1. The third kappa shape index (κ3) is 2.41. The number of hydrogen-bond acceptors (Lipinski definition) is 5. The fourth-order valence-corrected chi connectivity index (χ4v) is 2.69. The van der Waals surface area contributed by atoms with Gasteiger partial charge in [0.15, 0.2) is 0 Å². The molecule has 96 valence electrons. The van der Waals surface area contributed by atoms with Gasteiger partial charge in [-0.2, -0.15) is 0 Å². The summed E-state index contributed by atoms with van der Waals surface area (Å²) in [5.74, 6) is 4.31. The van der Waals surface area contributed by atoms with Crippen LogP contribution < -0.4 is 11.3 Å². The monoisotopic (exact) mass is 267 g/mol. The number of likely N-dealkylation sites (tertiary alicyclic amines) is 1. The van der Waals surface area contributed by atoms with Crippen molar-refractivity contribution in [2.75, 3.05) is 0 Å². The number of hydrazine groups is 1. The van der Waals surface area contributed by atoms with Gasteiger partial charge in [0, 0.05) is 12.8 Å². The van der Waals surface area contributed by atoms with Crippen LogP contribution in [-0.2, 0) is 16.1 Å². The summed E-state index contributed by atoms with van der Waals surface area (Å²) in [6.45, 7) is 0.143. The molecule has 0 unspecified atom stereocenters. The third-order valence-electron chi connectivity index (χ3n) is 2.80. The van der Waals surface area contributed by atoms with Crippen LogP contribution in [-0.4, -0.2) is 22.6 Å². The maximum absolute atomic E-state index is 11.7. The first-order valence-corrected chi connectivity index (χ1v) is 6.42. The lowest BCUT2D eigenvalue weighted by atomic mass is 10.1.